The summed E-state index contributed by atoms with van der Waals surface area (Å²) in [5.41, 5.74) is 0. The molecule has 9 nitrogen and oxygen atoms in total. The van der Waals surface area contributed by atoms with Crippen molar-refractivity contribution in [3.05, 3.63) is 60.8 Å². The van der Waals surface area contributed by atoms with E-state index in [9.17, 15) is 14.2 Å². The molecule has 0 saturated carbocycles. The fraction of sp³-hybridized carbons (Fsp3) is 0.684. The number of phosphoric acid groups is 1. The number of unbranched alkanes of at least 4 members (excludes halogenated alkanes) is 5. The Kier molecular flexibility index (Phi) is 26.0. The molecule has 0 aromatic heterocycles. The number of phosphoric ester groups is 1. The Labute approximate surface area is 290 Å². The normalized spacial score (nSPS) is 18.1. The maximum Gasteiger partial charge on any atom is 0.469 e. The fourth-order valence-corrected chi connectivity index (χ4v) is 5.19. The predicted molar refractivity (Wildman–Crippen MR) is 192 cm³/mol. The molecule has 1 aliphatic rings. The van der Waals surface area contributed by atoms with Gasteiger partial charge in [-0.05, 0) is 57.3 Å². The lowest BCUT2D eigenvalue weighted by atomic mass is 10.00. The highest BCUT2D eigenvalue weighted by Crippen LogP contribution is 2.36. The summed E-state index contributed by atoms with van der Waals surface area (Å²) in [6.45, 7) is 5.73. The maximum atomic E-state index is 12.3. The molecule has 10 heteroatoms. The third-order valence-corrected chi connectivity index (χ3v) is 8.49. The molecule has 0 amide bonds. The molecular formula is C38H63O9P. The lowest BCUT2D eigenvalue weighted by Gasteiger charge is -2.18. The van der Waals surface area contributed by atoms with Crippen LogP contribution in [0.5, 0.6) is 0 Å². The lowest BCUT2D eigenvalue weighted by molar-refractivity contribution is -0.161. The minimum absolute atomic E-state index is 0.136. The van der Waals surface area contributed by atoms with Crippen LogP contribution in [0.3, 0.4) is 0 Å². The number of carbonyl (C=O) groups is 2. The van der Waals surface area contributed by atoms with E-state index in [1.165, 1.54) is 25.7 Å². The van der Waals surface area contributed by atoms with Gasteiger partial charge in [0.2, 0.25) is 0 Å². The van der Waals surface area contributed by atoms with Crippen LogP contribution >= 0.6 is 7.82 Å². The van der Waals surface area contributed by atoms with Gasteiger partial charge in [-0.2, -0.15) is 0 Å². The van der Waals surface area contributed by atoms with E-state index in [2.05, 4.69) is 73.9 Å². The van der Waals surface area contributed by atoms with Gasteiger partial charge < -0.3 is 24.0 Å². The molecule has 1 saturated heterocycles. The summed E-state index contributed by atoms with van der Waals surface area (Å²) in [5.74, 6) is -0.226. The van der Waals surface area contributed by atoms with E-state index in [-0.39, 0.29) is 19.4 Å². The Morgan fingerprint density at radius 3 is 1.90 bits per heavy atom. The van der Waals surface area contributed by atoms with Crippen LogP contribution in [-0.2, 0) is 32.9 Å². The first kappa shape index (κ1) is 43.7. The number of hydrogen-bond donors (Lipinski definition) is 2. The van der Waals surface area contributed by atoms with E-state index >= 15 is 0 Å². The highest BCUT2D eigenvalue weighted by molar-refractivity contribution is 7.46. The second-order valence-electron chi connectivity index (χ2n) is 12.5. The zero-order valence-corrected chi connectivity index (χ0v) is 30.6. The smallest absolute Gasteiger partial charge is 0.462 e. The van der Waals surface area contributed by atoms with E-state index in [1.807, 2.05) is 12.2 Å². The van der Waals surface area contributed by atoms with Crippen molar-refractivity contribution in [2.24, 2.45) is 5.92 Å². The third-order valence-electron chi connectivity index (χ3n) is 8.01. The highest BCUT2D eigenvalue weighted by Gasteiger charge is 2.35. The Hall–Kier alpha value is -2.29. The van der Waals surface area contributed by atoms with Gasteiger partial charge in [0.1, 0.15) is 6.61 Å². The standard InChI is InChI=1S/C38H63O9P/c1-4-6-21-27-35-36(47-35)28-23-18-13-11-9-7-8-10-12-14-19-24-29-37(39)44-31-34(32-45-48(41,42)43)46-38(40)30-25-20-16-15-17-22-26-33(3)5-2/h6,8-11,14,18-19,21,23,33-36H,4-5,7,12-13,15-17,20,22,24-32H2,1-3H3,(H2,41,42,43)/b10-8-,11-9-,19-14-,21-6-,23-18-/t33?,34-,35?,36?/m1/s1. The average Bonchev–Trinajstić information content (AvgIpc) is 3.80. The number of epoxide rings is 1. The van der Waals surface area contributed by atoms with Crippen LogP contribution in [0.1, 0.15) is 130 Å². The van der Waals surface area contributed by atoms with Crippen LogP contribution in [-0.4, -0.2) is 53.3 Å². The molecule has 274 valence electrons. The van der Waals surface area contributed by atoms with Gasteiger partial charge >= 0.3 is 19.8 Å². The number of rotatable bonds is 30. The topological polar surface area (TPSA) is 132 Å². The molecule has 0 bridgehead atoms. The lowest BCUT2D eigenvalue weighted by Crippen LogP contribution is -2.29. The second-order valence-corrected chi connectivity index (χ2v) is 13.7. The number of carbonyl (C=O) groups excluding carboxylic acids is 2. The first-order valence-electron chi connectivity index (χ1n) is 18.1. The van der Waals surface area contributed by atoms with Gasteiger partial charge in [0.05, 0.1) is 18.8 Å². The third kappa shape index (κ3) is 27.6. The van der Waals surface area contributed by atoms with E-state index in [0.29, 0.717) is 25.0 Å². The van der Waals surface area contributed by atoms with Crippen molar-refractivity contribution in [2.75, 3.05) is 13.2 Å². The van der Waals surface area contributed by atoms with Gasteiger partial charge in [0.25, 0.3) is 0 Å². The van der Waals surface area contributed by atoms with Gasteiger partial charge in [-0.25, -0.2) is 4.57 Å². The van der Waals surface area contributed by atoms with E-state index in [0.717, 1.165) is 63.7 Å². The van der Waals surface area contributed by atoms with Crippen LogP contribution in [0.2, 0.25) is 0 Å². The van der Waals surface area contributed by atoms with Crippen LogP contribution < -0.4 is 0 Å². The number of hydrogen-bond acceptors (Lipinski definition) is 7. The molecule has 1 heterocycles. The molecule has 0 spiro atoms. The zero-order valence-electron chi connectivity index (χ0n) is 29.7. The second kappa shape index (κ2) is 28.5. The molecule has 0 aromatic carbocycles. The van der Waals surface area contributed by atoms with Crippen molar-refractivity contribution < 1.29 is 42.7 Å². The van der Waals surface area contributed by atoms with Gasteiger partial charge in [-0.1, -0.05) is 126 Å². The molecule has 1 rings (SSSR count). The van der Waals surface area contributed by atoms with E-state index < -0.39 is 32.5 Å². The minimum atomic E-state index is -4.77. The van der Waals surface area contributed by atoms with Crippen molar-refractivity contribution in [1.82, 2.24) is 0 Å². The zero-order chi connectivity index (χ0) is 35.3. The summed E-state index contributed by atoms with van der Waals surface area (Å²) >= 11 is 0. The molecule has 1 fully saturated rings. The maximum absolute atomic E-state index is 12.3. The summed E-state index contributed by atoms with van der Waals surface area (Å²) < 4.78 is 31.8. The molecule has 2 N–H and O–H groups in total. The quantitative estimate of drug-likeness (QED) is 0.0248. The number of esters is 2. The SMILES string of the molecule is CC/C=C\CC1OC1C/C=C\C/C=C\C/C=C\C/C=C\CCC(=O)OC[C@H](COP(=O)(O)O)OC(=O)CCCCCCCCC(C)CC. The Bertz CT molecular complexity index is 1040. The summed E-state index contributed by atoms with van der Waals surface area (Å²) in [5, 5.41) is 0. The molecule has 3 unspecified atom stereocenters. The number of allylic oxidation sites excluding steroid dienone is 8. The highest BCUT2D eigenvalue weighted by atomic mass is 31.2. The van der Waals surface area contributed by atoms with Crippen molar-refractivity contribution in [1.29, 1.82) is 0 Å². The first-order chi connectivity index (χ1) is 23.1. The first-order valence-corrected chi connectivity index (χ1v) is 19.6. The largest absolute Gasteiger partial charge is 0.469 e. The van der Waals surface area contributed by atoms with Gasteiger partial charge in [-0.15, -0.1) is 0 Å². The van der Waals surface area contributed by atoms with Crippen molar-refractivity contribution >= 4 is 19.8 Å². The Morgan fingerprint density at radius 1 is 0.729 bits per heavy atom. The monoisotopic (exact) mass is 694 g/mol. The van der Waals surface area contributed by atoms with Crippen molar-refractivity contribution in [3.63, 3.8) is 0 Å². The summed E-state index contributed by atoms with van der Waals surface area (Å²) in [7, 11) is -4.77. The van der Waals surface area contributed by atoms with E-state index in [4.69, 9.17) is 24.0 Å². The van der Waals surface area contributed by atoms with Crippen molar-refractivity contribution in [3.8, 4) is 0 Å². The van der Waals surface area contributed by atoms with Gasteiger partial charge in [0, 0.05) is 12.8 Å². The van der Waals surface area contributed by atoms with Crippen LogP contribution in [0, 0.1) is 5.92 Å². The van der Waals surface area contributed by atoms with Crippen LogP contribution in [0.15, 0.2) is 60.8 Å². The molecule has 0 aliphatic carbocycles. The predicted octanol–water partition coefficient (Wildman–Crippen LogP) is 9.41. The molecular weight excluding hydrogens is 631 g/mol. The summed E-state index contributed by atoms with van der Waals surface area (Å²) in [6.07, 6.45) is 35.9. The molecule has 0 radical (unpaired) electrons. The number of ether oxygens (including phenoxy) is 3. The summed E-state index contributed by atoms with van der Waals surface area (Å²) in [6, 6.07) is 0. The molecule has 4 atom stereocenters. The van der Waals surface area contributed by atoms with Crippen molar-refractivity contribution in [2.45, 2.75) is 148 Å². The Balaban J connectivity index is 2.16. The van der Waals surface area contributed by atoms with Gasteiger partial charge in [-0.3, -0.25) is 14.1 Å². The molecule has 0 aromatic rings. The van der Waals surface area contributed by atoms with E-state index in [1.54, 1.807) is 0 Å². The average molecular weight is 695 g/mol. The molecule has 1 aliphatic heterocycles. The van der Waals surface area contributed by atoms with Crippen LogP contribution in [0.25, 0.3) is 0 Å². The summed E-state index contributed by atoms with van der Waals surface area (Å²) in [4.78, 5) is 42.6. The minimum Gasteiger partial charge on any atom is -0.462 e. The molecule has 48 heavy (non-hydrogen) atoms. The fourth-order valence-electron chi connectivity index (χ4n) is 4.83. The van der Waals surface area contributed by atoms with Gasteiger partial charge in [0.15, 0.2) is 6.10 Å². The van der Waals surface area contributed by atoms with Crippen LogP contribution in [0.4, 0.5) is 0 Å². The Morgan fingerprint density at radius 2 is 1.29 bits per heavy atom.